The van der Waals surface area contributed by atoms with Crippen LogP contribution in [0.15, 0.2) is 96.3 Å². The van der Waals surface area contributed by atoms with Gasteiger partial charge in [0.05, 0.1) is 30.9 Å². The third kappa shape index (κ3) is 3.67. The normalized spacial score (nSPS) is 10.8. The van der Waals surface area contributed by atoms with E-state index in [1.54, 1.807) is 59.7 Å². The molecule has 3 aromatic heterocycles. The van der Waals surface area contributed by atoms with Gasteiger partial charge in [0, 0.05) is 23.5 Å². The van der Waals surface area contributed by atoms with Crippen molar-refractivity contribution in [1.82, 2.24) is 24.5 Å². The van der Waals surface area contributed by atoms with Crippen molar-refractivity contribution in [2.45, 2.75) is 0 Å². The third-order valence-electron chi connectivity index (χ3n) is 5.19. The highest BCUT2D eigenvalue weighted by atomic mass is 19.1. The van der Waals surface area contributed by atoms with Crippen LogP contribution in [0, 0.1) is 5.82 Å². The van der Waals surface area contributed by atoms with E-state index in [4.69, 9.17) is 4.74 Å². The molecule has 0 spiro atoms. The molecule has 5 rings (SSSR count). The Kier molecular flexibility index (Phi) is 5.24. The highest BCUT2D eigenvalue weighted by Crippen LogP contribution is 2.27. The largest absolute Gasteiger partial charge is 0.491 e. The quantitative estimate of drug-likeness (QED) is 0.408. The Morgan fingerprint density at radius 1 is 0.939 bits per heavy atom. The van der Waals surface area contributed by atoms with Crippen LogP contribution in [-0.2, 0) is 0 Å². The van der Waals surface area contributed by atoms with Crippen molar-refractivity contribution < 1.29 is 9.13 Å². The molecule has 8 heteroatoms. The van der Waals surface area contributed by atoms with E-state index in [0.717, 1.165) is 5.69 Å². The predicted octanol–water partition coefficient (Wildman–Crippen LogP) is 4.29. The first kappa shape index (κ1) is 20.3. The van der Waals surface area contributed by atoms with Crippen LogP contribution in [0.3, 0.4) is 0 Å². The van der Waals surface area contributed by atoms with E-state index in [2.05, 4.69) is 15.2 Å². The van der Waals surface area contributed by atoms with Gasteiger partial charge >= 0.3 is 0 Å². The predicted molar refractivity (Wildman–Crippen MR) is 122 cm³/mol. The molecule has 0 radical (unpaired) electrons. The second-order valence-corrected chi connectivity index (χ2v) is 7.16. The third-order valence-corrected chi connectivity index (χ3v) is 5.19. The average Bonchev–Trinajstić information content (AvgIpc) is 3.35. The Morgan fingerprint density at radius 3 is 2.55 bits per heavy atom. The lowest BCUT2D eigenvalue weighted by atomic mass is 10.1. The molecule has 0 bridgehead atoms. The average molecular weight is 439 g/mol. The summed E-state index contributed by atoms with van der Waals surface area (Å²) in [4.78, 5) is 17.2. The lowest BCUT2D eigenvalue weighted by Gasteiger charge is -2.14. The molecule has 3 heterocycles. The van der Waals surface area contributed by atoms with Gasteiger partial charge in [-0.2, -0.15) is 10.2 Å². The van der Waals surface area contributed by atoms with Gasteiger partial charge in [-0.15, -0.1) is 0 Å². The molecule has 7 nitrogen and oxygen atoms in total. The summed E-state index contributed by atoms with van der Waals surface area (Å²) >= 11 is 0. The maximum atomic E-state index is 15.6. The first-order valence-electron chi connectivity index (χ1n) is 10.1. The Morgan fingerprint density at radius 2 is 1.79 bits per heavy atom. The van der Waals surface area contributed by atoms with Gasteiger partial charge in [-0.1, -0.05) is 36.4 Å². The Hall–Kier alpha value is -4.59. The number of aromatic nitrogens is 5. The number of para-hydroxylation sites is 1. The summed E-state index contributed by atoms with van der Waals surface area (Å²) in [6.45, 7) is 0. The summed E-state index contributed by atoms with van der Waals surface area (Å²) in [5.41, 5.74) is 2.06. The minimum absolute atomic E-state index is 0.0343. The van der Waals surface area contributed by atoms with Crippen molar-refractivity contribution in [2.75, 3.05) is 7.11 Å². The van der Waals surface area contributed by atoms with Gasteiger partial charge in [0.15, 0.2) is 17.3 Å². The monoisotopic (exact) mass is 439 g/mol. The summed E-state index contributed by atoms with van der Waals surface area (Å²) < 4.78 is 23.8. The van der Waals surface area contributed by atoms with Crippen molar-refractivity contribution in [2.24, 2.45) is 0 Å². The number of methoxy groups -OCH3 is 1. The zero-order chi connectivity index (χ0) is 22.8. The number of ether oxygens (including phenoxy) is 1. The molecular weight excluding hydrogens is 421 g/mol. The standard InChI is InChI=1S/C25H18FN5O2/c1-33-22-16-30(20-11-5-10-19(23(20)26)17-7-6-13-27-15-17)29-24(25(22)32)21-12-14-28-31(21)18-8-3-2-4-9-18/h2-16H,1H3. The minimum atomic E-state index is -0.494. The summed E-state index contributed by atoms with van der Waals surface area (Å²) in [5.74, 6) is -0.460. The van der Waals surface area contributed by atoms with Crippen molar-refractivity contribution >= 4 is 0 Å². The van der Waals surface area contributed by atoms with E-state index in [0.29, 0.717) is 16.8 Å². The molecule has 5 aromatic rings. The molecular formula is C25H18FN5O2. The minimum Gasteiger partial charge on any atom is -0.491 e. The fraction of sp³-hybridized carbons (Fsp3) is 0.0400. The van der Waals surface area contributed by atoms with Gasteiger partial charge < -0.3 is 4.74 Å². The fourth-order valence-corrected chi connectivity index (χ4v) is 3.60. The van der Waals surface area contributed by atoms with Crippen LogP contribution >= 0.6 is 0 Å². The van der Waals surface area contributed by atoms with Gasteiger partial charge in [0.1, 0.15) is 5.69 Å². The van der Waals surface area contributed by atoms with E-state index >= 15 is 4.39 Å². The van der Waals surface area contributed by atoms with E-state index in [-0.39, 0.29) is 17.1 Å². The smallest absolute Gasteiger partial charge is 0.251 e. The molecule has 33 heavy (non-hydrogen) atoms. The highest BCUT2D eigenvalue weighted by molar-refractivity contribution is 5.66. The van der Waals surface area contributed by atoms with E-state index in [1.807, 2.05) is 30.3 Å². The molecule has 0 unspecified atom stereocenters. The maximum absolute atomic E-state index is 15.6. The van der Waals surface area contributed by atoms with E-state index < -0.39 is 11.2 Å². The number of hydrogen-bond acceptors (Lipinski definition) is 5. The summed E-state index contributed by atoms with van der Waals surface area (Å²) in [6.07, 6.45) is 6.17. The number of benzene rings is 2. The van der Waals surface area contributed by atoms with E-state index in [9.17, 15) is 4.79 Å². The Bertz CT molecular complexity index is 1480. The second kappa shape index (κ2) is 8.51. The van der Waals surface area contributed by atoms with Crippen LogP contribution < -0.4 is 10.2 Å². The molecule has 0 amide bonds. The van der Waals surface area contributed by atoms with Gasteiger partial charge in [0.2, 0.25) is 0 Å². The molecule has 0 aliphatic carbocycles. The number of nitrogens with zero attached hydrogens (tertiary/aromatic N) is 5. The maximum Gasteiger partial charge on any atom is 0.251 e. The number of hydrogen-bond donors (Lipinski definition) is 0. The van der Waals surface area contributed by atoms with Crippen LogP contribution in [0.4, 0.5) is 4.39 Å². The van der Waals surface area contributed by atoms with Crippen LogP contribution in [0.2, 0.25) is 0 Å². The van der Waals surface area contributed by atoms with Gasteiger partial charge in [-0.05, 0) is 30.3 Å². The molecule has 2 aromatic carbocycles. The van der Waals surface area contributed by atoms with Gasteiger partial charge in [-0.3, -0.25) is 9.78 Å². The zero-order valence-electron chi connectivity index (χ0n) is 17.6. The summed E-state index contributed by atoms with van der Waals surface area (Å²) in [7, 11) is 1.39. The molecule has 0 N–H and O–H groups in total. The van der Waals surface area contributed by atoms with Gasteiger partial charge in [0.25, 0.3) is 5.43 Å². The summed E-state index contributed by atoms with van der Waals surface area (Å²) in [6, 6.07) is 19.5. The molecule has 0 aliphatic heterocycles. The van der Waals surface area contributed by atoms with Gasteiger partial charge in [-0.25, -0.2) is 13.8 Å². The van der Waals surface area contributed by atoms with Crippen molar-refractivity contribution in [3.05, 3.63) is 108 Å². The molecule has 0 atom stereocenters. The summed E-state index contributed by atoms with van der Waals surface area (Å²) in [5, 5.41) is 8.82. The van der Waals surface area contributed by atoms with Crippen LogP contribution in [0.5, 0.6) is 5.75 Å². The van der Waals surface area contributed by atoms with Crippen molar-refractivity contribution in [3.8, 4) is 39.6 Å². The Balaban J connectivity index is 1.70. The molecule has 0 saturated heterocycles. The molecule has 0 saturated carbocycles. The topological polar surface area (TPSA) is 74.8 Å². The van der Waals surface area contributed by atoms with E-state index in [1.165, 1.54) is 18.0 Å². The zero-order valence-corrected chi connectivity index (χ0v) is 17.6. The van der Waals surface area contributed by atoms with Crippen LogP contribution in [0.25, 0.3) is 33.9 Å². The number of halogens is 1. The molecule has 162 valence electrons. The molecule has 0 fully saturated rings. The lowest BCUT2D eigenvalue weighted by Crippen LogP contribution is -2.18. The SMILES string of the molecule is COc1cn(-c2cccc(-c3cccnc3)c2F)nc(-c2ccnn2-c2ccccc2)c1=O. The fourth-order valence-electron chi connectivity index (χ4n) is 3.60. The molecule has 0 aliphatic rings. The van der Waals surface area contributed by atoms with Crippen molar-refractivity contribution in [3.63, 3.8) is 0 Å². The highest BCUT2D eigenvalue weighted by Gasteiger charge is 2.19. The first-order valence-corrected chi connectivity index (χ1v) is 10.1. The van der Waals surface area contributed by atoms with Crippen LogP contribution in [-0.4, -0.2) is 31.7 Å². The Labute approximate surface area is 188 Å². The first-order chi connectivity index (χ1) is 16.2. The lowest BCUT2D eigenvalue weighted by molar-refractivity contribution is 0.405. The van der Waals surface area contributed by atoms with Crippen molar-refractivity contribution in [1.29, 1.82) is 0 Å². The second-order valence-electron chi connectivity index (χ2n) is 7.16. The number of pyridine rings is 1. The number of rotatable bonds is 5. The van der Waals surface area contributed by atoms with Crippen LogP contribution in [0.1, 0.15) is 0 Å².